The van der Waals surface area contributed by atoms with Crippen LogP contribution in [0.3, 0.4) is 0 Å². The lowest BCUT2D eigenvalue weighted by Gasteiger charge is -2.17. The minimum absolute atomic E-state index is 0.0732. The highest BCUT2D eigenvalue weighted by Gasteiger charge is 2.13. The molecule has 1 rings (SSSR count). The van der Waals surface area contributed by atoms with Gasteiger partial charge in [-0.15, -0.1) is 0 Å². The maximum atomic E-state index is 11.8. The van der Waals surface area contributed by atoms with Crippen LogP contribution in [0.2, 0.25) is 0 Å². The van der Waals surface area contributed by atoms with Gasteiger partial charge in [-0.1, -0.05) is 30.7 Å². The summed E-state index contributed by atoms with van der Waals surface area (Å²) in [6.07, 6.45) is 7.96. The number of carbonyl (C=O) groups is 4. The number of amides is 4. The van der Waals surface area contributed by atoms with Crippen molar-refractivity contribution >= 4 is 23.6 Å². The van der Waals surface area contributed by atoms with Crippen LogP contribution in [0, 0.1) is 0 Å². The van der Waals surface area contributed by atoms with E-state index in [1.165, 1.54) is 5.57 Å². The number of allylic oxidation sites excluding steroid dienone is 2. The van der Waals surface area contributed by atoms with Crippen LogP contribution in [0.25, 0.3) is 0 Å². The summed E-state index contributed by atoms with van der Waals surface area (Å²) in [5.74, 6) is -1.50. The summed E-state index contributed by atoms with van der Waals surface area (Å²) in [4.78, 5) is 46.5. The van der Waals surface area contributed by atoms with Crippen LogP contribution in [0.15, 0.2) is 23.8 Å². The fourth-order valence-electron chi connectivity index (χ4n) is 2.28. The normalized spacial score (nSPS) is 15.5. The van der Waals surface area contributed by atoms with Crippen LogP contribution in [-0.2, 0) is 19.2 Å². The number of rotatable bonds is 11. The highest BCUT2D eigenvalue weighted by molar-refractivity contribution is 5.90. The third-order valence-electron chi connectivity index (χ3n) is 3.87. The average molecular weight is 379 g/mol. The lowest BCUT2D eigenvalue weighted by molar-refractivity contribution is -0.128. The molecule has 0 heterocycles. The van der Waals surface area contributed by atoms with Gasteiger partial charge >= 0.3 is 0 Å². The van der Waals surface area contributed by atoms with Crippen molar-refractivity contribution in [3.05, 3.63) is 23.8 Å². The van der Waals surface area contributed by atoms with Gasteiger partial charge in [-0.3, -0.25) is 19.2 Å². The molecule has 0 fully saturated rings. The van der Waals surface area contributed by atoms with Gasteiger partial charge in [-0.25, -0.2) is 0 Å². The molecule has 150 valence electrons. The molecular formula is C18H29N5O4. The molecule has 0 saturated carbocycles. The minimum atomic E-state index is -0.479. The first-order valence-corrected chi connectivity index (χ1v) is 9.05. The SMILES string of the molecule is CCC1=CCC(NC(=O)CNC(=O)CNC(=O)CNC(=O)CCNC)C=C1. The van der Waals surface area contributed by atoms with Crippen LogP contribution >= 0.6 is 0 Å². The van der Waals surface area contributed by atoms with Crippen LogP contribution in [0.1, 0.15) is 26.2 Å². The second kappa shape index (κ2) is 12.6. The zero-order chi connectivity index (χ0) is 20.1. The molecule has 0 radical (unpaired) electrons. The smallest absolute Gasteiger partial charge is 0.239 e. The molecule has 0 saturated heterocycles. The summed E-state index contributed by atoms with van der Waals surface area (Å²) >= 11 is 0. The summed E-state index contributed by atoms with van der Waals surface area (Å²) in [5, 5.41) is 12.9. The van der Waals surface area contributed by atoms with Gasteiger partial charge < -0.3 is 26.6 Å². The highest BCUT2D eigenvalue weighted by Crippen LogP contribution is 2.12. The summed E-state index contributed by atoms with van der Waals surface area (Å²) in [7, 11) is 1.73. The summed E-state index contributed by atoms with van der Waals surface area (Å²) in [6, 6.07) is -0.0732. The Bertz CT molecular complexity index is 601. The molecule has 27 heavy (non-hydrogen) atoms. The van der Waals surface area contributed by atoms with Crippen molar-refractivity contribution in [1.82, 2.24) is 26.6 Å². The van der Waals surface area contributed by atoms with E-state index in [-0.39, 0.29) is 43.9 Å². The maximum absolute atomic E-state index is 11.8. The molecule has 1 aliphatic carbocycles. The van der Waals surface area contributed by atoms with Crippen molar-refractivity contribution < 1.29 is 19.2 Å². The summed E-state index contributed by atoms with van der Waals surface area (Å²) in [5.41, 5.74) is 1.24. The zero-order valence-electron chi connectivity index (χ0n) is 15.9. The fourth-order valence-corrected chi connectivity index (χ4v) is 2.28. The van der Waals surface area contributed by atoms with E-state index in [9.17, 15) is 19.2 Å². The first-order chi connectivity index (χ1) is 12.9. The topological polar surface area (TPSA) is 128 Å². The lowest BCUT2D eigenvalue weighted by atomic mass is 10.0. The minimum Gasteiger partial charge on any atom is -0.348 e. The van der Waals surface area contributed by atoms with E-state index in [1.807, 2.05) is 12.2 Å². The van der Waals surface area contributed by atoms with E-state index in [2.05, 4.69) is 39.6 Å². The van der Waals surface area contributed by atoms with Gasteiger partial charge in [0.05, 0.1) is 25.7 Å². The predicted molar refractivity (Wildman–Crippen MR) is 102 cm³/mol. The van der Waals surface area contributed by atoms with Gasteiger partial charge in [0.2, 0.25) is 23.6 Å². The molecule has 0 aromatic carbocycles. The number of nitrogens with one attached hydrogen (secondary N) is 5. The monoisotopic (exact) mass is 379 g/mol. The molecule has 1 unspecified atom stereocenters. The standard InChI is InChI=1S/C18H29N5O4/c1-3-13-4-6-14(7-5-13)23-18(27)12-22-17(26)11-21-16(25)10-20-15(24)8-9-19-2/h4-6,14,19H,3,7-12H2,1-2H3,(H,20,24)(H,21,25)(H,22,26)(H,23,27). The van der Waals surface area contributed by atoms with Gasteiger partial charge in [0.25, 0.3) is 0 Å². The van der Waals surface area contributed by atoms with Crippen LogP contribution in [0.4, 0.5) is 0 Å². The molecule has 1 atom stereocenters. The Morgan fingerprint density at radius 3 is 2.07 bits per heavy atom. The van der Waals surface area contributed by atoms with Crippen molar-refractivity contribution in [3.8, 4) is 0 Å². The number of hydrogen-bond acceptors (Lipinski definition) is 5. The van der Waals surface area contributed by atoms with Crippen molar-refractivity contribution in [1.29, 1.82) is 0 Å². The van der Waals surface area contributed by atoms with E-state index in [4.69, 9.17) is 0 Å². The predicted octanol–water partition coefficient (Wildman–Crippen LogP) is -1.27. The molecule has 0 aromatic heterocycles. The summed E-state index contributed by atoms with van der Waals surface area (Å²) < 4.78 is 0. The largest absolute Gasteiger partial charge is 0.348 e. The van der Waals surface area contributed by atoms with E-state index < -0.39 is 11.8 Å². The second-order valence-corrected chi connectivity index (χ2v) is 6.09. The number of hydrogen-bond donors (Lipinski definition) is 5. The third kappa shape index (κ3) is 10.1. The Kier molecular flexibility index (Phi) is 10.5. The van der Waals surface area contributed by atoms with Crippen LogP contribution < -0.4 is 26.6 Å². The first-order valence-electron chi connectivity index (χ1n) is 9.05. The van der Waals surface area contributed by atoms with E-state index in [0.29, 0.717) is 6.54 Å². The molecule has 9 heteroatoms. The Balaban J connectivity index is 2.13. The summed E-state index contributed by atoms with van der Waals surface area (Å²) in [6.45, 7) is 1.97. The highest BCUT2D eigenvalue weighted by atomic mass is 16.2. The Morgan fingerprint density at radius 1 is 0.963 bits per heavy atom. The zero-order valence-corrected chi connectivity index (χ0v) is 15.9. The molecule has 0 aliphatic heterocycles. The van der Waals surface area contributed by atoms with Gasteiger partial charge in [-0.2, -0.15) is 0 Å². The van der Waals surface area contributed by atoms with Crippen molar-refractivity contribution in [2.45, 2.75) is 32.2 Å². The molecule has 1 aliphatic rings. The van der Waals surface area contributed by atoms with Gasteiger partial charge in [-0.05, 0) is 19.9 Å². The van der Waals surface area contributed by atoms with E-state index in [1.54, 1.807) is 7.05 Å². The van der Waals surface area contributed by atoms with Gasteiger partial charge in [0.1, 0.15) is 0 Å². The van der Waals surface area contributed by atoms with Crippen molar-refractivity contribution in [3.63, 3.8) is 0 Å². The average Bonchev–Trinajstić information content (AvgIpc) is 2.68. The van der Waals surface area contributed by atoms with Crippen molar-refractivity contribution in [2.75, 3.05) is 33.2 Å². The van der Waals surface area contributed by atoms with Crippen LogP contribution in [-0.4, -0.2) is 62.9 Å². The molecule has 0 bridgehead atoms. The molecule has 0 aromatic rings. The Morgan fingerprint density at radius 2 is 1.56 bits per heavy atom. The van der Waals surface area contributed by atoms with Gasteiger partial charge in [0, 0.05) is 13.0 Å². The van der Waals surface area contributed by atoms with Crippen molar-refractivity contribution in [2.24, 2.45) is 0 Å². The Hall–Kier alpha value is -2.68. The quantitative estimate of drug-likeness (QED) is 0.306. The van der Waals surface area contributed by atoms with E-state index >= 15 is 0 Å². The third-order valence-corrected chi connectivity index (χ3v) is 3.87. The second-order valence-electron chi connectivity index (χ2n) is 6.09. The first kappa shape index (κ1) is 22.4. The molecule has 5 N–H and O–H groups in total. The lowest BCUT2D eigenvalue weighted by Crippen LogP contribution is -2.45. The molecule has 4 amide bonds. The number of carbonyl (C=O) groups excluding carboxylic acids is 4. The van der Waals surface area contributed by atoms with E-state index in [0.717, 1.165) is 12.8 Å². The molecule has 9 nitrogen and oxygen atoms in total. The molecular weight excluding hydrogens is 350 g/mol. The fraction of sp³-hybridized carbons (Fsp3) is 0.556. The van der Waals surface area contributed by atoms with Gasteiger partial charge in [0.15, 0.2) is 0 Å². The molecule has 0 spiro atoms. The van der Waals surface area contributed by atoms with Crippen LogP contribution in [0.5, 0.6) is 0 Å². The maximum Gasteiger partial charge on any atom is 0.239 e. The Labute approximate surface area is 159 Å².